The summed E-state index contributed by atoms with van der Waals surface area (Å²) in [6, 6.07) is 39.0. The van der Waals surface area contributed by atoms with Gasteiger partial charge >= 0.3 is 0 Å². The van der Waals surface area contributed by atoms with Gasteiger partial charge < -0.3 is 9.40 Å². The molecule has 2 aliphatic rings. The first kappa shape index (κ1) is 33.4. The maximum absolute atomic E-state index is 9.63. The molecule has 5 heteroatoms. The first-order chi connectivity index (χ1) is 28.3. The molecule has 0 unspecified atom stereocenters. The number of fused-ring (bicyclic) bond motifs is 6. The molecule has 4 nitrogen and oxygen atoms in total. The van der Waals surface area contributed by atoms with E-state index in [1.54, 1.807) is 0 Å². The molecule has 1 radical (unpaired) electrons. The minimum absolute atomic E-state index is 0. The Kier molecular flexibility index (Phi) is 9.36. The van der Waals surface area contributed by atoms with Crippen LogP contribution in [0, 0.1) is 24.4 Å². The summed E-state index contributed by atoms with van der Waals surface area (Å²) in [5.41, 5.74) is 5.93. The number of pyridine rings is 1. The van der Waals surface area contributed by atoms with E-state index < -0.39 is 12.7 Å². The van der Waals surface area contributed by atoms with E-state index >= 15 is 0 Å². The van der Waals surface area contributed by atoms with Gasteiger partial charge in [-0.15, -0.1) is 54.1 Å². The molecule has 0 amide bonds. The van der Waals surface area contributed by atoms with Gasteiger partial charge in [0.15, 0.2) is 0 Å². The Morgan fingerprint density at radius 2 is 1.57 bits per heavy atom. The fraction of sp³-hybridized carbons (Fsp3) is 0.314. The van der Waals surface area contributed by atoms with Gasteiger partial charge in [-0.1, -0.05) is 93.4 Å². The molecule has 2 aliphatic carbocycles. The maximum Gasteiger partial charge on any atom is 0.121 e. The number of aryl methyl sites for hydroxylation is 1. The van der Waals surface area contributed by atoms with Crippen LogP contribution in [0.1, 0.15) is 107 Å². The number of nitrogens with zero attached hydrogens (tertiary/aromatic N) is 3. The molecule has 0 N–H and O–H groups in total. The summed E-state index contributed by atoms with van der Waals surface area (Å²) in [7, 11) is 0. The SMILES string of the molecule is CC(C)(C)c1ccnc(-c2[c-]cccc2)n1.[2H]C([2H])([2H])c1cnc(-c2[c-]ccc3c2oc2cc4c(ccc5ccccc54)cc23)cc1C1([2H])CCC2(CCCCC2)CC1.[Ir]. The summed E-state index contributed by atoms with van der Waals surface area (Å²) in [6.45, 7) is 4.10. The van der Waals surface area contributed by atoms with Gasteiger partial charge in [-0.3, -0.25) is 9.97 Å². The first-order valence-corrected chi connectivity index (χ1v) is 19.8. The summed E-state index contributed by atoms with van der Waals surface area (Å²) >= 11 is 0. The molecule has 0 aliphatic heterocycles. The Hall–Kier alpha value is -4.70. The van der Waals surface area contributed by atoms with Crippen molar-refractivity contribution < 1.29 is 30.0 Å². The Morgan fingerprint density at radius 3 is 2.36 bits per heavy atom. The molecular weight excluding hydrogens is 863 g/mol. The van der Waals surface area contributed by atoms with Gasteiger partial charge in [0.1, 0.15) is 5.58 Å². The molecule has 10 rings (SSSR count). The van der Waals surface area contributed by atoms with Crippen molar-refractivity contribution in [2.45, 2.75) is 96.7 Å². The molecular formula is C51H49IrN3O-2. The van der Waals surface area contributed by atoms with Gasteiger partial charge in [-0.2, -0.15) is 0 Å². The largest absolute Gasteiger partial charge is 0.501 e. The van der Waals surface area contributed by atoms with Crippen molar-refractivity contribution >= 4 is 43.5 Å². The minimum atomic E-state index is -2.34. The van der Waals surface area contributed by atoms with Crippen molar-refractivity contribution in [3.05, 3.63) is 138 Å². The maximum atomic E-state index is 9.63. The third kappa shape index (κ3) is 7.44. The fourth-order valence-electron chi connectivity index (χ4n) is 8.91. The molecule has 0 atom stereocenters. The quantitative estimate of drug-likeness (QED) is 0.131. The fourth-order valence-corrected chi connectivity index (χ4v) is 8.91. The van der Waals surface area contributed by atoms with Crippen LogP contribution in [0.3, 0.4) is 0 Å². The van der Waals surface area contributed by atoms with Crippen LogP contribution in [0.2, 0.25) is 0 Å². The van der Waals surface area contributed by atoms with Crippen molar-refractivity contribution in [3.63, 3.8) is 0 Å². The number of benzene rings is 5. The average molecular weight is 916 g/mol. The normalized spacial score (nSPS) is 17.7. The third-order valence-electron chi connectivity index (χ3n) is 12.0. The summed E-state index contributed by atoms with van der Waals surface area (Å²) in [5, 5.41) is 6.65. The van der Waals surface area contributed by atoms with E-state index in [1.165, 1.54) is 49.1 Å². The van der Waals surface area contributed by atoms with Crippen LogP contribution in [0.5, 0.6) is 0 Å². The predicted molar refractivity (Wildman–Crippen MR) is 227 cm³/mol. The second kappa shape index (κ2) is 15.7. The molecule has 5 aromatic carbocycles. The van der Waals surface area contributed by atoms with Gasteiger partial charge in [0, 0.05) is 54.5 Å². The topological polar surface area (TPSA) is 51.8 Å². The Balaban J connectivity index is 0.000000248. The minimum Gasteiger partial charge on any atom is -0.501 e. The predicted octanol–water partition coefficient (Wildman–Crippen LogP) is 13.9. The zero-order valence-corrected chi connectivity index (χ0v) is 34.7. The van der Waals surface area contributed by atoms with E-state index in [-0.39, 0.29) is 31.1 Å². The van der Waals surface area contributed by atoms with Crippen molar-refractivity contribution in [1.29, 1.82) is 0 Å². The van der Waals surface area contributed by atoms with E-state index in [0.29, 0.717) is 40.7 Å². The molecule has 3 aromatic heterocycles. The van der Waals surface area contributed by atoms with Gasteiger partial charge in [-0.05, 0) is 113 Å². The summed E-state index contributed by atoms with van der Waals surface area (Å²) in [4.78, 5) is 13.5. The standard InChI is InChI=1S/C37H34NO.C14H15N2.Ir/c1-24-23-38-34(21-31(24)26-14-18-37(19-15-26)16-5-2-6-17-37)30-11-7-10-29-33-20-27-13-12-25-8-3-4-9-28(25)32(27)22-35(33)39-36(29)30;1-14(2,3)12-9-10-15-13(16-12)11-7-5-4-6-8-11;/h3-4,7-10,12-13,20-23,26H,2,5-6,14-19H2,1H3;4-7,9-10H,1-3H3;/q2*-1;/i1D3,26D;;. The van der Waals surface area contributed by atoms with Crippen LogP contribution < -0.4 is 0 Å². The van der Waals surface area contributed by atoms with Crippen LogP contribution >= 0.6 is 0 Å². The molecule has 56 heavy (non-hydrogen) atoms. The first-order valence-electron chi connectivity index (χ1n) is 21.8. The number of furan rings is 1. The molecule has 285 valence electrons. The molecule has 1 spiro atoms. The van der Waals surface area contributed by atoms with Gasteiger partial charge in [-0.25, -0.2) is 0 Å². The third-order valence-corrected chi connectivity index (χ3v) is 12.0. The van der Waals surface area contributed by atoms with E-state index in [1.807, 2.05) is 54.7 Å². The van der Waals surface area contributed by atoms with Gasteiger partial charge in [0.2, 0.25) is 0 Å². The Bertz CT molecular complexity index is 2810. The smallest absolute Gasteiger partial charge is 0.121 e. The number of aromatic nitrogens is 3. The van der Waals surface area contributed by atoms with Crippen LogP contribution in [0.15, 0.2) is 114 Å². The van der Waals surface area contributed by atoms with Gasteiger partial charge in [0.05, 0.1) is 11.4 Å². The summed E-state index contributed by atoms with van der Waals surface area (Å²) in [6.07, 6.45) is 13.0. The van der Waals surface area contributed by atoms with Crippen LogP contribution in [0.4, 0.5) is 0 Å². The van der Waals surface area contributed by atoms with E-state index in [4.69, 9.17) is 8.53 Å². The average Bonchev–Trinajstić information content (AvgIpc) is 3.62. The number of rotatable bonds is 3. The van der Waals surface area contributed by atoms with E-state index in [0.717, 1.165) is 57.1 Å². The zero-order valence-electron chi connectivity index (χ0n) is 36.3. The van der Waals surface area contributed by atoms with E-state index in [9.17, 15) is 1.37 Å². The second-order valence-electron chi connectivity index (χ2n) is 16.6. The van der Waals surface area contributed by atoms with Crippen molar-refractivity contribution in [2.24, 2.45) is 5.41 Å². The molecule has 2 saturated carbocycles. The Morgan fingerprint density at radius 1 is 0.768 bits per heavy atom. The van der Waals surface area contributed by atoms with Crippen LogP contribution in [0.25, 0.3) is 66.1 Å². The van der Waals surface area contributed by atoms with E-state index in [2.05, 4.69) is 96.4 Å². The number of hydrogen-bond donors (Lipinski definition) is 0. The van der Waals surface area contributed by atoms with Crippen molar-refractivity contribution in [1.82, 2.24) is 15.0 Å². The molecule has 0 saturated heterocycles. The Labute approximate surface area is 350 Å². The second-order valence-corrected chi connectivity index (χ2v) is 16.6. The molecule has 8 aromatic rings. The monoisotopic (exact) mass is 916 g/mol. The van der Waals surface area contributed by atoms with Gasteiger partial charge in [0.25, 0.3) is 0 Å². The molecule has 3 heterocycles. The molecule has 0 bridgehead atoms. The van der Waals surface area contributed by atoms with Crippen LogP contribution in [-0.4, -0.2) is 15.0 Å². The zero-order chi connectivity index (χ0) is 41.0. The molecule has 2 fully saturated rings. The summed E-state index contributed by atoms with van der Waals surface area (Å²) in [5.74, 6) is -0.210. The van der Waals surface area contributed by atoms with Crippen molar-refractivity contribution in [2.75, 3.05) is 0 Å². The van der Waals surface area contributed by atoms with Crippen LogP contribution in [-0.2, 0) is 25.5 Å². The van der Waals surface area contributed by atoms with Crippen molar-refractivity contribution in [3.8, 4) is 22.6 Å². The summed E-state index contributed by atoms with van der Waals surface area (Å²) < 4.78 is 41.1. The number of hydrogen-bond acceptors (Lipinski definition) is 4.